The van der Waals surface area contributed by atoms with Crippen LogP contribution in [-0.4, -0.2) is 54.1 Å². The Kier molecular flexibility index (Phi) is 8.32. The van der Waals surface area contributed by atoms with Crippen LogP contribution >= 0.6 is 11.6 Å². The highest BCUT2D eigenvalue weighted by molar-refractivity contribution is 6.30. The topological polar surface area (TPSA) is 87.7 Å². The minimum absolute atomic E-state index is 0.00124. The van der Waals surface area contributed by atoms with Crippen LogP contribution in [-0.2, 0) is 20.7 Å². The highest BCUT2D eigenvalue weighted by atomic mass is 35.5. The number of halogens is 1. The maximum absolute atomic E-state index is 12.2. The molecule has 0 bridgehead atoms. The molecule has 0 aliphatic carbocycles. The number of aryl methyl sites for hydroxylation is 1. The number of hydrogen-bond acceptors (Lipinski definition) is 4. The highest BCUT2D eigenvalue weighted by Crippen LogP contribution is 2.14. The number of hydrogen-bond donors (Lipinski definition) is 2. The van der Waals surface area contributed by atoms with E-state index in [1.165, 1.54) is 0 Å². The van der Waals surface area contributed by atoms with E-state index in [-0.39, 0.29) is 24.4 Å². The van der Waals surface area contributed by atoms with Gasteiger partial charge in [-0.3, -0.25) is 9.59 Å². The molecule has 1 aromatic rings. The molecule has 160 valence electrons. The van der Waals surface area contributed by atoms with Crippen molar-refractivity contribution in [3.8, 4) is 0 Å². The monoisotopic (exact) mass is 423 g/mol. The molecule has 3 amide bonds. The van der Waals surface area contributed by atoms with Gasteiger partial charge in [0.05, 0.1) is 0 Å². The van der Waals surface area contributed by atoms with Gasteiger partial charge in [-0.15, -0.1) is 0 Å². The molecule has 1 aliphatic rings. The second-order valence-electron chi connectivity index (χ2n) is 8.21. The maximum atomic E-state index is 12.2. The molecular formula is C21H30ClN3O4. The van der Waals surface area contributed by atoms with Gasteiger partial charge in [-0.25, -0.2) is 4.79 Å². The van der Waals surface area contributed by atoms with Gasteiger partial charge in [-0.2, -0.15) is 0 Å². The second kappa shape index (κ2) is 10.5. The first-order chi connectivity index (χ1) is 13.6. The molecule has 1 aromatic carbocycles. The van der Waals surface area contributed by atoms with Crippen LogP contribution in [0, 0.1) is 0 Å². The van der Waals surface area contributed by atoms with Crippen molar-refractivity contribution in [2.75, 3.05) is 19.6 Å². The van der Waals surface area contributed by atoms with Gasteiger partial charge in [0, 0.05) is 30.6 Å². The predicted octanol–water partition coefficient (Wildman–Crippen LogP) is 2.90. The smallest absolute Gasteiger partial charge is 0.408 e. The maximum Gasteiger partial charge on any atom is 0.408 e. The summed E-state index contributed by atoms with van der Waals surface area (Å²) in [6.45, 7) is 6.31. The summed E-state index contributed by atoms with van der Waals surface area (Å²) in [4.78, 5) is 37.8. The largest absolute Gasteiger partial charge is 0.444 e. The third kappa shape index (κ3) is 8.73. The van der Waals surface area contributed by atoms with E-state index in [9.17, 15) is 14.4 Å². The van der Waals surface area contributed by atoms with Crippen molar-refractivity contribution < 1.29 is 19.1 Å². The zero-order valence-corrected chi connectivity index (χ0v) is 18.1. The van der Waals surface area contributed by atoms with E-state index >= 15 is 0 Å². The number of rotatable bonds is 6. The van der Waals surface area contributed by atoms with E-state index in [2.05, 4.69) is 10.6 Å². The molecule has 0 radical (unpaired) electrons. The summed E-state index contributed by atoms with van der Waals surface area (Å²) < 4.78 is 5.12. The molecule has 29 heavy (non-hydrogen) atoms. The zero-order valence-electron chi connectivity index (χ0n) is 17.3. The third-order valence-electron chi connectivity index (χ3n) is 4.53. The molecule has 2 rings (SSSR count). The Labute approximate surface area is 177 Å². The standard InChI is InChI=1S/C21H30ClN3O4/c1-21(2,3)29-20(28)23-14-19(27)25-11-9-17(10-12-25)24-18(26)8-7-15-5-4-6-16(22)13-15/h4-6,13,17H,7-12,14H2,1-3H3,(H,23,28)(H,24,26). The minimum Gasteiger partial charge on any atom is -0.444 e. The number of carbonyl (C=O) groups excluding carboxylic acids is 3. The van der Waals surface area contributed by atoms with Gasteiger partial charge < -0.3 is 20.3 Å². The molecule has 0 aromatic heterocycles. The summed E-state index contributed by atoms with van der Waals surface area (Å²) in [6.07, 6.45) is 1.83. The zero-order chi connectivity index (χ0) is 21.4. The Bertz CT molecular complexity index is 725. The van der Waals surface area contributed by atoms with Crippen LogP contribution < -0.4 is 10.6 Å². The Hall–Kier alpha value is -2.28. The van der Waals surface area contributed by atoms with Crippen molar-refractivity contribution in [1.82, 2.24) is 15.5 Å². The van der Waals surface area contributed by atoms with Gasteiger partial charge in [-0.1, -0.05) is 23.7 Å². The first kappa shape index (κ1) is 23.0. The summed E-state index contributed by atoms with van der Waals surface area (Å²) in [5.74, 6) is -0.150. The number of nitrogens with zero attached hydrogens (tertiary/aromatic N) is 1. The van der Waals surface area contributed by atoms with Gasteiger partial charge in [0.15, 0.2) is 0 Å². The van der Waals surface area contributed by atoms with Gasteiger partial charge in [0.25, 0.3) is 0 Å². The van der Waals surface area contributed by atoms with Crippen LogP contribution in [0.25, 0.3) is 0 Å². The Morgan fingerprint density at radius 2 is 1.90 bits per heavy atom. The normalized spacial score (nSPS) is 15.0. The van der Waals surface area contributed by atoms with Crippen LogP contribution in [0.3, 0.4) is 0 Å². The van der Waals surface area contributed by atoms with Gasteiger partial charge in [0.1, 0.15) is 12.1 Å². The fourth-order valence-corrected chi connectivity index (χ4v) is 3.31. The average Bonchev–Trinajstić information content (AvgIpc) is 2.64. The lowest BCUT2D eigenvalue weighted by atomic mass is 10.0. The first-order valence-electron chi connectivity index (χ1n) is 9.91. The first-order valence-corrected chi connectivity index (χ1v) is 10.3. The molecule has 1 saturated heterocycles. The van der Waals surface area contributed by atoms with Crippen molar-refractivity contribution in [3.05, 3.63) is 34.9 Å². The number of alkyl carbamates (subject to hydrolysis) is 1. The molecular weight excluding hydrogens is 394 g/mol. The van der Waals surface area contributed by atoms with Crippen molar-refractivity contribution in [2.45, 2.75) is 58.1 Å². The van der Waals surface area contributed by atoms with E-state index in [1.54, 1.807) is 25.7 Å². The number of likely N-dealkylation sites (tertiary alicyclic amines) is 1. The number of amides is 3. The molecule has 1 heterocycles. The number of ether oxygens (including phenoxy) is 1. The van der Waals surface area contributed by atoms with Crippen LogP contribution in [0.2, 0.25) is 5.02 Å². The van der Waals surface area contributed by atoms with Gasteiger partial charge >= 0.3 is 6.09 Å². The molecule has 0 atom stereocenters. The molecule has 2 N–H and O–H groups in total. The Morgan fingerprint density at radius 3 is 2.52 bits per heavy atom. The van der Waals surface area contributed by atoms with Crippen LogP contribution in [0.15, 0.2) is 24.3 Å². The lowest BCUT2D eigenvalue weighted by Crippen LogP contribution is -2.49. The van der Waals surface area contributed by atoms with E-state index in [1.807, 2.05) is 24.3 Å². The summed E-state index contributed by atoms with van der Waals surface area (Å²) in [6, 6.07) is 7.56. The fraction of sp³-hybridized carbons (Fsp3) is 0.571. The van der Waals surface area contributed by atoms with Crippen molar-refractivity contribution in [1.29, 1.82) is 0 Å². The van der Waals surface area contributed by atoms with Crippen molar-refractivity contribution >= 4 is 29.5 Å². The van der Waals surface area contributed by atoms with Gasteiger partial charge in [-0.05, 0) is 57.7 Å². The van der Waals surface area contributed by atoms with Crippen molar-refractivity contribution in [2.24, 2.45) is 0 Å². The number of piperidine rings is 1. The number of carbonyl (C=O) groups is 3. The Balaban J connectivity index is 1.65. The summed E-state index contributed by atoms with van der Waals surface area (Å²) >= 11 is 5.96. The molecule has 7 nitrogen and oxygen atoms in total. The average molecular weight is 424 g/mol. The van der Waals surface area contributed by atoms with E-state index in [0.29, 0.717) is 43.8 Å². The van der Waals surface area contributed by atoms with Crippen LogP contribution in [0.4, 0.5) is 4.79 Å². The molecule has 8 heteroatoms. The molecule has 0 spiro atoms. The molecule has 1 fully saturated rings. The highest BCUT2D eigenvalue weighted by Gasteiger charge is 2.24. The summed E-state index contributed by atoms with van der Waals surface area (Å²) in [5.41, 5.74) is 0.432. The third-order valence-corrected chi connectivity index (χ3v) is 4.76. The van der Waals surface area contributed by atoms with E-state index in [0.717, 1.165) is 5.56 Å². The quantitative estimate of drug-likeness (QED) is 0.736. The summed E-state index contributed by atoms with van der Waals surface area (Å²) in [5, 5.41) is 6.19. The lowest BCUT2D eigenvalue weighted by Gasteiger charge is -2.32. The van der Waals surface area contributed by atoms with E-state index in [4.69, 9.17) is 16.3 Å². The van der Waals surface area contributed by atoms with Crippen molar-refractivity contribution in [3.63, 3.8) is 0 Å². The molecule has 1 aliphatic heterocycles. The number of nitrogens with one attached hydrogen (secondary N) is 2. The minimum atomic E-state index is -0.604. The SMILES string of the molecule is CC(C)(C)OC(=O)NCC(=O)N1CCC(NC(=O)CCc2cccc(Cl)c2)CC1. The Morgan fingerprint density at radius 1 is 1.21 bits per heavy atom. The van der Waals surface area contributed by atoms with Crippen LogP contribution in [0.5, 0.6) is 0 Å². The molecule has 0 saturated carbocycles. The lowest BCUT2D eigenvalue weighted by molar-refractivity contribution is -0.131. The summed E-state index contributed by atoms with van der Waals surface area (Å²) in [7, 11) is 0. The van der Waals surface area contributed by atoms with Crippen LogP contribution in [0.1, 0.15) is 45.6 Å². The fourth-order valence-electron chi connectivity index (χ4n) is 3.10. The second-order valence-corrected chi connectivity index (χ2v) is 8.64. The predicted molar refractivity (Wildman–Crippen MR) is 112 cm³/mol. The number of benzene rings is 1. The van der Waals surface area contributed by atoms with E-state index < -0.39 is 11.7 Å². The van der Waals surface area contributed by atoms with Gasteiger partial charge in [0.2, 0.25) is 11.8 Å². The molecule has 0 unspecified atom stereocenters.